The number of ether oxygens (including phenoxy) is 1. The zero-order chi connectivity index (χ0) is 17.1. The molecule has 2 aromatic rings. The van der Waals surface area contributed by atoms with Crippen molar-refractivity contribution in [2.75, 3.05) is 6.61 Å². The maximum atomic E-state index is 12.2. The van der Waals surface area contributed by atoms with Crippen LogP contribution in [-0.4, -0.2) is 29.4 Å². The molecule has 0 saturated carbocycles. The van der Waals surface area contributed by atoms with Crippen LogP contribution >= 0.6 is 15.9 Å². The summed E-state index contributed by atoms with van der Waals surface area (Å²) in [6, 6.07) is 8.97. The van der Waals surface area contributed by atoms with E-state index in [0.29, 0.717) is 6.61 Å². The lowest BCUT2D eigenvalue weighted by molar-refractivity contribution is -0.121. The minimum absolute atomic E-state index is 0.0721. The lowest BCUT2D eigenvalue weighted by atomic mass is 10.0. The second-order valence-corrected chi connectivity index (χ2v) is 6.54. The molecule has 1 unspecified atom stereocenters. The summed E-state index contributed by atoms with van der Waals surface area (Å²) in [6.07, 6.45) is 2.40. The molecular weight excluding hydrogens is 374 g/mol. The molecule has 0 bridgehead atoms. The highest BCUT2D eigenvalue weighted by Crippen LogP contribution is 2.27. The number of carbonyl (C=O) groups is 2. The molecule has 0 radical (unpaired) electrons. The number of primary amides is 1. The van der Waals surface area contributed by atoms with E-state index in [-0.39, 0.29) is 24.1 Å². The molecule has 2 heterocycles. The van der Waals surface area contributed by atoms with Crippen LogP contribution in [0.4, 0.5) is 0 Å². The van der Waals surface area contributed by atoms with Crippen LogP contribution in [0.5, 0.6) is 5.75 Å². The van der Waals surface area contributed by atoms with Crippen molar-refractivity contribution in [3.05, 3.63) is 57.8 Å². The molecule has 6 nitrogen and oxygen atoms in total. The molecule has 0 fully saturated rings. The number of nitrogens with two attached hydrogens (primary N) is 1. The number of nitrogens with zero attached hydrogens (tertiary/aromatic N) is 1. The highest BCUT2D eigenvalue weighted by Gasteiger charge is 2.21. The molecule has 0 saturated heterocycles. The molecule has 0 aliphatic carbocycles. The van der Waals surface area contributed by atoms with E-state index in [4.69, 9.17) is 10.5 Å². The number of aromatic nitrogens is 1. The first-order chi connectivity index (χ1) is 11.5. The van der Waals surface area contributed by atoms with Crippen LogP contribution in [0.1, 0.15) is 21.6 Å². The van der Waals surface area contributed by atoms with Crippen LogP contribution < -0.4 is 15.8 Å². The van der Waals surface area contributed by atoms with E-state index >= 15 is 0 Å². The van der Waals surface area contributed by atoms with Gasteiger partial charge in [0.25, 0.3) is 5.91 Å². The summed E-state index contributed by atoms with van der Waals surface area (Å²) < 4.78 is 6.67. The summed E-state index contributed by atoms with van der Waals surface area (Å²) >= 11 is 3.44. The number of nitrogens with one attached hydrogen (secondary N) is 1. The Morgan fingerprint density at radius 2 is 2.17 bits per heavy atom. The Labute approximate surface area is 147 Å². The molecule has 2 amide bonds. The number of hydrogen-bond donors (Lipinski definition) is 2. The van der Waals surface area contributed by atoms with Gasteiger partial charge in [0.2, 0.25) is 5.91 Å². The second-order valence-electron chi connectivity index (χ2n) is 5.62. The standard InChI is InChI=1S/C17H16BrN3O3/c18-12-2-4-15-11(6-12)7-13(9-24-15)21-16(22)5-10-1-3-14(17(19)23)20-8-10/h1-4,6,8,13H,5,7,9H2,(H2,19,23)(H,21,22). The van der Waals surface area contributed by atoms with E-state index in [9.17, 15) is 9.59 Å². The van der Waals surface area contributed by atoms with E-state index in [1.165, 1.54) is 12.3 Å². The van der Waals surface area contributed by atoms with Crippen molar-refractivity contribution in [1.29, 1.82) is 0 Å². The number of hydrogen-bond acceptors (Lipinski definition) is 4. The van der Waals surface area contributed by atoms with Crippen molar-refractivity contribution in [2.24, 2.45) is 5.73 Å². The smallest absolute Gasteiger partial charge is 0.267 e. The maximum absolute atomic E-state index is 12.2. The van der Waals surface area contributed by atoms with Crippen LogP contribution in [0.3, 0.4) is 0 Å². The fraction of sp³-hybridized carbons (Fsp3) is 0.235. The maximum Gasteiger partial charge on any atom is 0.267 e. The Kier molecular flexibility index (Phi) is 4.80. The van der Waals surface area contributed by atoms with Crippen molar-refractivity contribution >= 4 is 27.7 Å². The van der Waals surface area contributed by atoms with Crippen LogP contribution in [0, 0.1) is 0 Å². The fourth-order valence-corrected chi connectivity index (χ4v) is 3.00. The molecule has 0 spiro atoms. The molecule has 1 aromatic carbocycles. The Balaban J connectivity index is 1.58. The SMILES string of the molecule is NC(=O)c1ccc(CC(=O)NC2COc3ccc(Br)cc3C2)cn1. The summed E-state index contributed by atoms with van der Waals surface area (Å²) in [7, 11) is 0. The van der Waals surface area contributed by atoms with E-state index in [1.807, 2.05) is 18.2 Å². The number of carbonyl (C=O) groups excluding carboxylic acids is 2. The minimum atomic E-state index is -0.588. The van der Waals surface area contributed by atoms with Crippen molar-refractivity contribution in [2.45, 2.75) is 18.9 Å². The monoisotopic (exact) mass is 389 g/mol. The third-order valence-corrected chi connectivity index (χ3v) is 4.23. The summed E-state index contributed by atoms with van der Waals surface area (Å²) in [4.78, 5) is 27.1. The molecule has 1 aliphatic rings. The van der Waals surface area contributed by atoms with E-state index in [0.717, 1.165) is 27.8 Å². The fourth-order valence-electron chi connectivity index (χ4n) is 2.59. The van der Waals surface area contributed by atoms with Gasteiger partial charge in [-0.3, -0.25) is 14.6 Å². The highest BCUT2D eigenvalue weighted by molar-refractivity contribution is 9.10. The molecular formula is C17H16BrN3O3. The second kappa shape index (κ2) is 7.00. The topological polar surface area (TPSA) is 94.3 Å². The predicted octanol–water partition coefficient (Wildman–Crippen LogP) is 1.61. The molecule has 3 rings (SSSR count). The Morgan fingerprint density at radius 1 is 1.33 bits per heavy atom. The molecule has 124 valence electrons. The van der Waals surface area contributed by atoms with Crippen molar-refractivity contribution in [3.63, 3.8) is 0 Å². The summed E-state index contributed by atoms with van der Waals surface area (Å²) in [5, 5.41) is 2.97. The lowest BCUT2D eigenvalue weighted by Gasteiger charge is -2.26. The number of fused-ring (bicyclic) bond motifs is 1. The highest BCUT2D eigenvalue weighted by atomic mass is 79.9. The first-order valence-corrected chi connectivity index (χ1v) is 8.26. The quantitative estimate of drug-likeness (QED) is 0.830. The van der Waals surface area contributed by atoms with Gasteiger partial charge in [-0.2, -0.15) is 0 Å². The van der Waals surface area contributed by atoms with Gasteiger partial charge in [0.1, 0.15) is 18.1 Å². The van der Waals surface area contributed by atoms with Gasteiger partial charge in [0.05, 0.1) is 12.5 Å². The largest absolute Gasteiger partial charge is 0.491 e. The molecule has 1 aromatic heterocycles. The molecule has 3 N–H and O–H groups in total. The number of amides is 2. The van der Waals surface area contributed by atoms with E-state index in [2.05, 4.69) is 26.2 Å². The molecule has 1 atom stereocenters. The number of benzene rings is 1. The zero-order valence-electron chi connectivity index (χ0n) is 12.8. The van der Waals surface area contributed by atoms with Gasteiger partial charge in [0.15, 0.2) is 0 Å². The van der Waals surface area contributed by atoms with E-state index < -0.39 is 5.91 Å². The number of pyridine rings is 1. The minimum Gasteiger partial charge on any atom is -0.491 e. The van der Waals surface area contributed by atoms with Crippen LogP contribution in [0.2, 0.25) is 0 Å². The Bertz CT molecular complexity index is 777. The molecule has 24 heavy (non-hydrogen) atoms. The predicted molar refractivity (Wildman–Crippen MR) is 91.7 cm³/mol. The lowest BCUT2D eigenvalue weighted by Crippen LogP contribution is -2.43. The average molecular weight is 390 g/mol. The van der Waals surface area contributed by atoms with Gasteiger partial charge >= 0.3 is 0 Å². The van der Waals surface area contributed by atoms with Gasteiger partial charge in [-0.15, -0.1) is 0 Å². The van der Waals surface area contributed by atoms with Crippen molar-refractivity contribution in [3.8, 4) is 5.75 Å². The Hall–Kier alpha value is -2.41. The summed E-state index contributed by atoms with van der Waals surface area (Å²) in [6.45, 7) is 0.444. The summed E-state index contributed by atoms with van der Waals surface area (Å²) in [5.74, 6) is 0.154. The summed E-state index contributed by atoms with van der Waals surface area (Å²) in [5.41, 5.74) is 7.11. The van der Waals surface area contributed by atoms with Gasteiger partial charge in [-0.25, -0.2) is 0 Å². The van der Waals surface area contributed by atoms with Gasteiger partial charge in [-0.05, 0) is 41.8 Å². The molecule has 1 aliphatic heterocycles. The van der Waals surface area contributed by atoms with Crippen LogP contribution in [-0.2, 0) is 17.6 Å². The van der Waals surface area contributed by atoms with Gasteiger partial charge in [-0.1, -0.05) is 22.0 Å². The first kappa shape index (κ1) is 16.4. The van der Waals surface area contributed by atoms with Crippen LogP contribution in [0.25, 0.3) is 0 Å². The average Bonchev–Trinajstić information content (AvgIpc) is 2.54. The third-order valence-electron chi connectivity index (χ3n) is 3.74. The molecule has 7 heteroatoms. The normalized spacial score (nSPS) is 16.0. The third kappa shape index (κ3) is 3.91. The zero-order valence-corrected chi connectivity index (χ0v) is 14.4. The van der Waals surface area contributed by atoms with Gasteiger partial charge in [0, 0.05) is 10.7 Å². The van der Waals surface area contributed by atoms with Gasteiger partial charge < -0.3 is 15.8 Å². The van der Waals surface area contributed by atoms with Crippen LogP contribution in [0.15, 0.2) is 41.0 Å². The van der Waals surface area contributed by atoms with Crippen molar-refractivity contribution < 1.29 is 14.3 Å². The van der Waals surface area contributed by atoms with E-state index in [1.54, 1.807) is 6.07 Å². The first-order valence-electron chi connectivity index (χ1n) is 7.46. The number of halogens is 1. The Morgan fingerprint density at radius 3 is 2.88 bits per heavy atom. The van der Waals surface area contributed by atoms with Crippen molar-refractivity contribution in [1.82, 2.24) is 10.3 Å². The number of rotatable bonds is 4.